The smallest absolute Gasteiger partial charge is 0.0912 e. The van der Waals surface area contributed by atoms with Crippen LogP contribution in [0.1, 0.15) is 26.7 Å². The van der Waals surface area contributed by atoms with Crippen molar-refractivity contribution in [3.63, 3.8) is 0 Å². The van der Waals surface area contributed by atoms with Crippen LogP contribution in [-0.4, -0.2) is 17.8 Å². The molecule has 2 heteroatoms. The van der Waals surface area contributed by atoms with E-state index >= 15 is 0 Å². The van der Waals surface area contributed by atoms with Crippen LogP contribution in [-0.2, 0) is 4.74 Å². The standard InChI is InChI=1S/C10H16O2/c1-10(2)5-8(10)9(11)7-3-4-12-6-7/h6,8-9,11H,3-5H2,1-2H3. The fourth-order valence-electron chi connectivity index (χ4n) is 1.92. The van der Waals surface area contributed by atoms with Crippen molar-refractivity contribution in [2.75, 3.05) is 6.61 Å². The SMILES string of the molecule is CC1(C)CC1C(O)C1=COCC1. The van der Waals surface area contributed by atoms with Crippen molar-refractivity contribution in [1.29, 1.82) is 0 Å². The second-order valence-electron chi connectivity index (χ2n) is 4.56. The summed E-state index contributed by atoms with van der Waals surface area (Å²) in [5.74, 6) is 0.463. The van der Waals surface area contributed by atoms with E-state index in [-0.39, 0.29) is 6.10 Å². The predicted octanol–water partition coefficient (Wildman–Crippen LogP) is 1.70. The highest BCUT2D eigenvalue weighted by molar-refractivity contribution is 5.16. The molecule has 0 saturated heterocycles. The molecule has 2 rings (SSSR count). The largest absolute Gasteiger partial charge is 0.501 e. The number of aliphatic hydroxyl groups excluding tert-OH is 1. The summed E-state index contributed by atoms with van der Waals surface area (Å²) in [7, 11) is 0. The lowest BCUT2D eigenvalue weighted by Gasteiger charge is -2.11. The highest BCUT2D eigenvalue weighted by atomic mass is 16.5. The van der Waals surface area contributed by atoms with Crippen LogP contribution in [0.5, 0.6) is 0 Å². The van der Waals surface area contributed by atoms with E-state index in [4.69, 9.17) is 4.74 Å². The Balaban J connectivity index is 1.97. The summed E-state index contributed by atoms with van der Waals surface area (Å²) in [4.78, 5) is 0. The lowest BCUT2D eigenvalue weighted by Crippen LogP contribution is -2.15. The van der Waals surface area contributed by atoms with Gasteiger partial charge >= 0.3 is 0 Å². The molecular formula is C10H16O2. The minimum Gasteiger partial charge on any atom is -0.501 e. The summed E-state index contributed by atoms with van der Waals surface area (Å²) in [5.41, 5.74) is 1.44. The zero-order valence-electron chi connectivity index (χ0n) is 7.71. The summed E-state index contributed by atoms with van der Waals surface area (Å²) in [6, 6.07) is 0. The molecule has 1 saturated carbocycles. The van der Waals surface area contributed by atoms with Gasteiger partial charge < -0.3 is 9.84 Å². The second kappa shape index (κ2) is 2.49. The van der Waals surface area contributed by atoms with Gasteiger partial charge in [0.15, 0.2) is 0 Å². The first-order valence-corrected chi connectivity index (χ1v) is 4.60. The molecule has 1 fully saturated rings. The molecule has 1 aliphatic carbocycles. The van der Waals surface area contributed by atoms with E-state index in [0.29, 0.717) is 11.3 Å². The number of aliphatic hydroxyl groups is 1. The monoisotopic (exact) mass is 168 g/mol. The molecule has 0 bridgehead atoms. The van der Waals surface area contributed by atoms with Gasteiger partial charge in [0.05, 0.1) is 19.0 Å². The van der Waals surface area contributed by atoms with Crippen LogP contribution >= 0.6 is 0 Å². The molecule has 0 aromatic heterocycles. The van der Waals surface area contributed by atoms with Crippen molar-refractivity contribution in [1.82, 2.24) is 0 Å². The molecule has 0 amide bonds. The molecule has 0 aromatic carbocycles. The second-order valence-corrected chi connectivity index (χ2v) is 4.56. The zero-order chi connectivity index (χ0) is 8.77. The molecule has 0 aromatic rings. The molecule has 1 aliphatic heterocycles. The van der Waals surface area contributed by atoms with Crippen molar-refractivity contribution >= 4 is 0 Å². The van der Waals surface area contributed by atoms with Gasteiger partial charge in [-0.3, -0.25) is 0 Å². The van der Waals surface area contributed by atoms with Crippen LogP contribution < -0.4 is 0 Å². The van der Waals surface area contributed by atoms with E-state index in [2.05, 4.69) is 13.8 Å². The Bertz CT molecular complexity index is 218. The van der Waals surface area contributed by atoms with Crippen LogP contribution in [0.15, 0.2) is 11.8 Å². The molecule has 12 heavy (non-hydrogen) atoms. The molecule has 2 unspecified atom stereocenters. The molecular weight excluding hydrogens is 152 g/mol. The molecule has 2 aliphatic rings. The predicted molar refractivity (Wildman–Crippen MR) is 46.5 cm³/mol. The van der Waals surface area contributed by atoms with Gasteiger partial charge in [-0.05, 0) is 23.3 Å². The van der Waals surface area contributed by atoms with Crippen molar-refractivity contribution in [2.45, 2.75) is 32.8 Å². The topological polar surface area (TPSA) is 29.5 Å². The van der Waals surface area contributed by atoms with E-state index in [0.717, 1.165) is 25.0 Å². The normalized spacial score (nSPS) is 33.9. The number of hydrogen-bond acceptors (Lipinski definition) is 2. The van der Waals surface area contributed by atoms with Crippen molar-refractivity contribution in [3.05, 3.63) is 11.8 Å². The van der Waals surface area contributed by atoms with Gasteiger partial charge in [-0.2, -0.15) is 0 Å². The number of ether oxygens (including phenoxy) is 1. The fraction of sp³-hybridized carbons (Fsp3) is 0.800. The third-order valence-corrected chi connectivity index (χ3v) is 3.09. The lowest BCUT2D eigenvalue weighted by molar-refractivity contribution is 0.169. The summed E-state index contributed by atoms with van der Waals surface area (Å²) >= 11 is 0. The Morgan fingerprint density at radius 3 is 2.75 bits per heavy atom. The summed E-state index contributed by atoms with van der Waals surface area (Å²) in [6.07, 6.45) is 3.54. The van der Waals surface area contributed by atoms with Gasteiger partial charge in [0, 0.05) is 6.42 Å². The Hall–Kier alpha value is -0.500. The minimum absolute atomic E-state index is 0.248. The molecule has 1 N–H and O–H groups in total. The summed E-state index contributed by atoms with van der Waals surface area (Å²) < 4.78 is 5.10. The molecule has 2 nitrogen and oxygen atoms in total. The van der Waals surface area contributed by atoms with Crippen LogP contribution in [0.3, 0.4) is 0 Å². The fourth-order valence-corrected chi connectivity index (χ4v) is 1.92. The first kappa shape index (κ1) is 8.11. The molecule has 2 atom stereocenters. The van der Waals surface area contributed by atoms with E-state index in [1.807, 2.05) is 0 Å². The zero-order valence-corrected chi connectivity index (χ0v) is 7.71. The Kier molecular flexibility index (Phi) is 1.69. The van der Waals surface area contributed by atoms with Gasteiger partial charge in [0.25, 0.3) is 0 Å². The average Bonchev–Trinajstić information content (AvgIpc) is 2.56. The summed E-state index contributed by atoms with van der Waals surface area (Å²) in [5, 5.41) is 9.88. The molecule has 0 spiro atoms. The highest BCUT2D eigenvalue weighted by Gasteiger charge is 2.50. The van der Waals surface area contributed by atoms with Crippen molar-refractivity contribution in [3.8, 4) is 0 Å². The first-order valence-electron chi connectivity index (χ1n) is 4.60. The quantitative estimate of drug-likeness (QED) is 0.680. The maximum Gasteiger partial charge on any atom is 0.0912 e. The van der Waals surface area contributed by atoms with Crippen LogP contribution in [0, 0.1) is 11.3 Å². The Morgan fingerprint density at radius 2 is 2.33 bits per heavy atom. The number of hydrogen-bond donors (Lipinski definition) is 1. The van der Waals surface area contributed by atoms with E-state index in [9.17, 15) is 5.11 Å². The lowest BCUT2D eigenvalue weighted by atomic mass is 9.99. The van der Waals surface area contributed by atoms with Gasteiger partial charge in [0.1, 0.15) is 0 Å². The van der Waals surface area contributed by atoms with Gasteiger partial charge in [-0.15, -0.1) is 0 Å². The van der Waals surface area contributed by atoms with Crippen LogP contribution in [0.4, 0.5) is 0 Å². The molecule has 0 radical (unpaired) electrons. The minimum atomic E-state index is -0.248. The van der Waals surface area contributed by atoms with Crippen LogP contribution in [0.2, 0.25) is 0 Å². The Morgan fingerprint density at radius 1 is 1.67 bits per heavy atom. The maximum absolute atomic E-state index is 9.88. The van der Waals surface area contributed by atoms with E-state index in [1.165, 1.54) is 0 Å². The van der Waals surface area contributed by atoms with Crippen molar-refractivity contribution < 1.29 is 9.84 Å². The van der Waals surface area contributed by atoms with Gasteiger partial charge in [-0.1, -0.05) is 13.8 Å². The van der Waals surface area contributed by atoms with Gasteiger partial charge in [-0.25, -0.2) is 0 Å². The Labute approximate surface area is 73.2 Å². The van der Waals surface area contributed by atoms with Crippen molar-refractivity contribution in [2.24, 2.45) is 11.3 Å². The van der Waals surface area contributed by atoms with Crippen LogP contribution in [0.25, 0.3) is 0 Å². The first-order chi connectivity index (χ1) is 5.61. The van der Waals surface area contributed by atoms with E-state index in [1.54, 1.807) is 6.26 Å². The molecule has 1 heterocycles. The average molecular weight is 168 g/mol. The third-order valence-electron chi connectivity index (χ3n) is 3.09. The van der Waals surface area contributed by atoms with Gasteiger partial charge in [0.2, 0.25) is 0 Å². The highest BCUT2D eigenvalue weighted by Crippen LogP contribution is 2.55. The van der Waals surface area contributed by atoms with E-state index < -0.39 is 0 Å². The molecule has 68 valence electrons. The summed E-state index contributed by atoms with van der Waals surface area (Å²) in [6.45, 7) is 5.16. The number of rotatable bonds is 2. The third kappa shape index (κ3) is 1.24. The maximum atomic E-state index is 9.88.